The van der Waals surface area contributed by atoms with Crippen LogP contribution >= 0.6 is 0 Å². The van der Waals surface area contributed by atoms with Crippen LogP contribution in [-0.2, 0) is 11.2 Å². The Hall–Kier alpha value is -1.31. The van der Waals surface area contributed by atoms with Crippen molar-refractivity contribution >= 4 is 5.97 Å². The molecule has 0 radical (unpaired) electrons. The van der Waals surface area contributed by atoms with E-state index in [4.69, 9.17) is 5.11 Å². The molecule has 0 heterocycles. The van der Waals surface area contributed by atoms with Gasteiger partial charge in [0.2, 0.25) is 0 Å². The van der Waals surface area contributed by atoms with Crippen LogP contribution in [0.5, 0.6) is 0 Å². The van der Waals surface area contributed by atoms with Crippen molar-refractivity contribution in [3.63, 3.8) is 0 Å². The van der Waals surface area contributed by atoms with Crippen LogP contribution in [0, 0.1) is 20.8 Å². The standard InChI is InChI=1S/C14H18O2/c1-8-6-13-11(7-14(15)16)4-5-12(13)10(3)9(8)2/h6,11H,4-5,7H2,1-3H3,(H,15,16)/t11-/m0/s1. The lowest BCUT2D eigenvalue weighted by atomic mass is 9.91. The average molecular weight is 218 g/mol. The van der Waals surface area contributed by atoms with E-state index in [1.54, 1.807) is 0 Å². The van der Waals surface area contributed by atoms with Crippen LogP contribution in [0.15, 0.2) is 6.07 Å². The largest absolute Gasteiger partial charge is 0.481 e. The van der Waals surface area contributed by atoms with Gasteiger partial charge in [-0.05, 0) is 67.3 Å². The van der Waals surface area contributed by atoms with E-state index in [0.29, 0.717) is 0 Å². The Morgan fingerprint density at radius 3 is 2.69 bits per heavy atom. The Bertz CT molecular complexity index is 447. The number of benzene rings is 1. The van der Waals surface area contributed by atoms with Gasteiger partial charge in [-0.1, -0.05) is 6.07 Å². The molecular formula is C14H18O2. The molecule has 86 valence electrons. The summed E-state index contributed by atoms with van der Waals surface area (Å²) in [6.07, 6.45) is 2.31. The molecule has 0 saturated heterocycles. The van der Waals surface area contributed by atoms with Gasteiger partial charge in [-0.2, -0.15) is 0 Å². The minimum absolute atomic E-state index is 0.227. The van der Waals surface area contributed by atoms with E-state index in [1.165, 1.54) is 27.8 Å². The highest BCUT2D eigenvalue weighted by Crippen LogP contribution is 2.39. The van der Waals surface area contributed by atoms with E-state index in [1.807, 2.05) is 0 Å². The molecular weight excluding hydrogens is 200 g/mol. The van der Waals surface area contributed by atoms with Gasteiger partial charge in [0.05, 0.1) is 6.42 Å². The van der Waals surface area contributed by atoms with E-state index < -0.39 is 5.97 Å². The number of rotatable bonds is 2. The zero-order chi connectivity index (χ0) is 11.9. The zero-order valence-corrected chi connectivity index (χ0v) is 10.1. The van der Waals surface area contributed by atoms with Gasteiger partial charge in [0.25, 0.3) is 0 Å². The molecule has 1 atom stereocenters. The summed E-state index contributed by atoms with van der Waals surface area (Å²) in [5.74, 6) is -0.459. The Labute approximate surface area is 96.3 Å². The fourth-order valence-corrected chi connectivity index (χ4v) is 2.76. The van der Waals surface area contributed by atoms with E-state index in [-0.39, 0.29) is 12.3 Å². The third-order valence-corrected chi connectivity index (χ3v) is 3.93. The van der Waals surface area contributed by atoms with Gasteiger partial charge in [-0.3, -0.25) is 4.79 Å². The molecule has 0 spiro atoms. The predicted molar refractivity (Wildman–Crippen MR) is 64.0 cm³/mol. The van der Waals surface area contributed by atoms with E-state index >= 15 is 0 Å². The number of hydrogen-bond acceptors (Lipinski definition) is 1. The Kier molecular flexibility index (Phi) is 2.75. The molecule has 16 heavy (non-hydrogen) atoms. The van der Waals surface area contributed by atoms with E-state index in [0.717, 1.165) is 12.8 Å². The smallest absolute Gasteiger partial charge is 0.303 e. The fraction of sp³-hybridized carbons (Fsp3) is 0.500. The number of carboxylic acids is 1. The first kappa shape index (κ1) is 11.2. The van der Waals surface area contributed by atoms with Crippen LogP contribution in [0.1, 0.15) is 46.6 Å². The summed E-state index contributed by atoms with van der Waals surface area (Å²) in [5, 5.41) is 8.89. The van der Waals surface area contributed by atoms with Crippen molar-refractivity contribution in [2.24, 2.45) is 0 Å². The Morgan fingerprint density at radius 1 is 1.38 bits per heavy atom. The molecule has 0 bridgehead atoms. The quantitative estimate of drug-likeness (QED) is 0.828. The van der Waals surface area contributed by atoms with Crippen molar-refractivity contribution in [1.29, 1.82) is 0 Å². The summed E-state index contributed by atoms with van der Waals surface area (Å²) in [5.41, 5.74) is 6.68. The molecule has 0 aliphatic heterocycles. The van der Waals surface area contributed by atoms with Gasteiger partial charge in [0.1, 0.15) is 0 Å². The number of carbonyl (C=O) groups is 1. The second-order valence-electron chi connectivity index (χ2n) is 4.84. The molecule has 0 unspecified atom stereocenters. The van der Waals surface area contributed by atoms with E-state index in [2.05, 4.69) is 26.8 Å². The molecule has 1 aromatic carbocycles. The monoisotopic (exact) mass is 218 g/mol. The molecule has 1 N–H and O–H groups in total. The third kappa shape index (κ3) is 1.73. The van der Waals surface area contributed by atoms with Crippen LogP contribution in [0.25, 0.3) is 0 Å². The highest BCUT2D eigenvalue weighted by molar-refractivity contribution is 5.68. The highest BCUT2D eigenvalue weighted by Gasteiger charge is 2.26. The Balaban J connectivity index is 2.44. The van der Waals surface area contributed by atoms with Crippen LogP contribution < -0.4 is 0 Å². The molecule has 0 fully saturated rings. The lowest BCUT2D eigenvalue weighted by Crippen LogP contribution is -2.04. The van der Waals surface area contributed by atoms with Crippen molar-refractivity contribution < 1.29 is 9.90 Å². The van der Waals surface area contributed by atoms with Gasteiger partial charge in [-0.25, -0.2) is 0 Å². The summed E-state index contributed by atoms with van der Waals surface area (Å²) in [7, 11) is 0. The topological polar surface area (TPSA) is 37.3 Å². The van der Waals surface area contributed by atoms with E-state index in [9.17, 15) is 4.79 Å². The summed E-state index contributed by atoms with van der Waals surface area (Å²) in [6, 6.07) is 2.19. The molecule has 2 nitrogen and oxygen atoms in total. The van der Waals surface area contributed by atoms with Crippen molar-refractivity contribution in [2.75, 3.05) is 0 Å². The lowest BCUT2D eigenvalue weighted by molar-refractivity contribution is -0.137. The summed E-state index contributed by atoms with van der Waals surface area (Å²) in [4.78, 5) is 10.8. The molecule has 0 aromatic heterocycles. The Morgan fingerprint density at radius 2 is 2.06 bits per heavy atom. The van der Waals surface area contributed by atoms with Crippen LogP contribution in [0.4, 0.5) is 0 Å². The van der Waals surface area contributed by atoms with Crippen LogP contribution in [0.2, 0.25) is 0 Å². The minimum Gasteiger partial charge on any atom is -0.481 e. The number of carboxylic acid groups (broad SMARTS) is 1. The molecule has 1 aliphatic rings. The number of aliphatic carboxylic acids is 1. The van der Waals surface area contributed by atoms with Crippen molar-refractivity contribution in [3.05, 3.63) is 33.9 Å². The van der Waals surface area contributed by atoms with Gasteiger partial charge >= 0.3 is 5.97 Å². The molecule has 1 aromatic rings. The molecule has 2 rings (SSSR count). The van der Waals surface area contributed by atoms with Gasteiger partial charge in [0, 0.05) is 0 Å². The fourth-order valence-electron chi connectivity index (χ4n) is 2.76. The SMILES string of the molecule is Cc1cc2c(c(C)c1C)CC[C@H]2CC(=O)O. The number of hydrogen-bond donors (Lipinski definition) is 1. The summed E-state index contributed by atoms with van der Waals surface area (Å²) < 4.78 is 0. The maximum atomic E-state index is 10.8. The predicted octanol–water partition coefficient (Wildman–Crippen LogP) is 3.12. The van der Waals surface area contributed by atoms with Gasteiger partial charge < -0.3 is 5.11 Å². The van der Waals surface area contributed by atoms with Crippen molar-refractivity contribution in [3.8, 4) is 0 Å². The third-order valence-electron chi connectivity index (χ3n) is 3.93. The first-order chi connectivity index (χ1) is 7.50. The first-order valence-electron chi connectivity index (χ1n) is 5.82. The molecule has 0 amide bonds. The lowest BCUT2D eigenvalue weighted by Gasteiger charge is -2.14. The number of aryl methyl sites for hydroxylation is 1. The summed E-state index contributed by atoms with van der Waals surface area (Å²) in [6.45, 7) is 6.42. The number of fused-ring (bicyclic) bond motifs is 1. The van der Waals surface area contributed by atoms with Crippen LogP contribution in [-0.4, -0.2) is 11.1 Å². The van der Waals surface area contributed by atoms with Gasteiger partial charge in [-0.15, -0.1) is 0 Å². The van der Waals surface area contributed by atoms with Crippen molar-refractivity contribution in [2.45, 2.75) is 46.0 Å². The highest BCUT2D eigenvalue weighted by atomic mass is 16.4. The first-order valence-corrected chi connectivity index (χ1v) is 5.82. The van der Waals surface area contributed by atoms with Crippen molar-refractivity contribution in [1.82, 2.24) is 0 Å². The maximum Gasteiger partial charge on any atom is 0.303 e. The molecule has 0 saturated carbocycles. The molecule has 2 heteroatoms. The second kappa shape index (κ2) is 3.93. The molecule has 1 aliphatic carbocycles. The van der Waals surface area contributed by atoms with Crippen LogP contribution in [0.3, 0.4) is 0 Å². The normalized spacial score (nSPS) is 18.6. The maximum absolute atomic E-state index is 10.8. The second-order valence-corrected chi connectivity index (χ2v) is 4.84. The average Bonchev–Trinajstić information content (AvgIpc) is 2.58. The zero-order valence-electron chi connectivity index (χ0n) is 10.1. The summed E-state index contributed by atoms with van der Waals surface area (Å²) >= 11 is 0. The minimum atomic E-state index is -0.686. The van der Waals surface area contributed by atoms with Gasteiger partial charge in [0.15, 0.2) is 0 Å².